The topological polar surface area (TPSA) is 169 Å². The number of carbonyl (C=O) groups excluding carboxylic acids is 2. The van der Waals surface area contributed by atoms with Crippen molar-refractivity contribution in [2.45, 2.75) is 53.4 Å². The zero-order chi connectivity index (χ0) is 20.3. The van der Waals surface area contributed by atoms with Crippen LogP contribution in [0.25, 0.3) is 0 Å². The van der Waals surface area contributed by atoms with Crippen LogP contribution in [-0.2, 0) is 14.3 Å². The molecule has 0 saturated carbocycles. The van der Waals surface area contributed by atoms with Gasteiger partial charge in [-0.1, -0.05) is 34.8 Å². The lowest BCUT2D eigenvalue weighted by molar-refractivity contribution is -0.298. The van der Waals surface area contributed by atoms with E-state index in [1.807, 2.05) is 0 Å². The van der Waals surface area contributed by atoms with Crippen molar-refractivity contribution in [2.75, 3.05) is 13.2 Å². The third-order valence-corrected chi connectivity index (χ3v) is 4.24. The Hall–Kier alpha value is -0.430. The third-order valence-electron chi connectivity index (χ3n) is 3.72. The van der Waals surface area contributed by atoms with E-state index in [0.29, 0.717) is 0 Å². The lowest BCUT2D eigenvalue weighted by atomic mass is 9.88. The van der Waals surface area contributed by atoms with Gasteiger partial charge in [-0.2, -0.15) is 0 Å². The molecule has 0 unspecified atom stereocenters. The number of hydrogen-bond acceptors (Lipinski definition) is 8. The number of aliphatic hydroxyl groups excluding tert-OH is 4. The van der Waals surface area contributed by atoms with Crippen molar-refractivity contribution >= 4 is 46.6 Å². The van der Waals surface area contributed by atoms with Crippen LogP contribution in [0.5, 0.6) is 0 Å². The molecule has 0 spiro atoms. The summed E-state index contributed by atoms with van der Waals surface area (Å²) in [6, 6.07) is -1.20. The molecule has 0 aliphatic carbocycles. The van der Waals surface area contributed by atoms with Crippen LogP contribution in [0.2, 0.25) is 0 Å². The van der Waals surface area contributed by atoms with Crippen LogP contribution in [0.3, 0.4) is 0 Å². The molecule has 7 N–H and O–H groups in total. The summed E-state index contributed by atoms with van der Waals surface area (Å²) in [5, 5.41) is 53.9. The van der Waals surface area contributed by atoms with E-state index in [4.69, 9.17) is 44.6 Å². The van der Waals surface area contributed by atoms with Crippen molar-refractivity contribution in [1.82, 2.24) is 10.6 Å². The Bertz CT molecular complexity index is 520. The van der Waals surface area contributed by atoms with Crippen molar-refractivity contribution in [1.29, 1.82) is 0 Å². The van der Waals surface area contributed by atoms with Crippen molar-refractivity contribution in [2.24, 2.45) is 0 Å². The van der Waals surface area contributed by atoms with E-state index in [9.17, 15) is 30.0 Å². The van der Waals surface area contributed by atoms with Crippen LogP contribution in [0.15, 0.2) is 0 Å². The summed E-state index contributed by atoms with van der Waals surface area (Å²) < 4.78 is 3.02. The fraction of sp³-hybridized carbons (Fsp3) is 0.846. The van der Waals surface area contributed by atoms with Crippen molar-refractivity contribution in [3.8, 4) is 0 Å². The summed E-state index contributed by atoms with van der Waals surface area (Å²) in [6.45, 7) is -0.310. The number of aliphatic hydroxyl groups is 5. The fourth-order valence-corrected chi connectivity index (χ4v) is 2.70. The second-order valence-electron chi connectivity index (χ2n) is 5.95. The van der Waals surface area contributed by atoms with Gasteiger partial charge in [-0.25, -0.2) is 0 Å². The van der Waals surface area contributed by atoms with Gasteiger partial charge in [-0.3, -0.25) is 9.59 Å². The molecular formula is C13H21Cl3N2O8. The maximum Gasteiger partial charge on any atom is 0.272 e. The first-order valence-corrected chi connectivity index (χ1v) is 8.61. The van der Waals surface area contributed by atoms with Gasteiger partial charge in [0.05, 0.1) is 25.3 Å². The van der Waals surface area contributed by atoms with E-state index in [1.165, 1.54) is 0 Å². The van der Waals surface area contributed by atoms with Crippen molar-refractivity contribution in [3.05, 3.63) is 0 Å². The largest absolute Gasteiger partial charge is 0.394 e. The van der Waals surface area contributed by atoms with Crippen molar-refractivity contribution in [3.63, 3.8) is 0 Å². The maximum absolute atomic E-state index is 11.6. The first-order valence-electron chi connectivity index (χ1n) is 7.48. The van der Waals surface area contributed by atoms with E-state index in [0.717, 1.165) is 6.92 Å². The molecule has 1 aliphatic rings. The standard InChI is InChI=1S/C13H21Cl3N2O8/c1-5(20)18-8-6(21)2-12(25,4-17-11(24)13(14,15)16)26-10(8)9(23)7(22)3-19/h6-10,19,21-23,25H,2-4H2,1H3,(H,17,24)(H,18,20)/t6-,7+,8+,9+,10+,12-/m0/s1. The number of hydrogen-bond donors (Lipinski definition) is 7. The summed E-state index contributed by atoms with van der Waals surface area (Å²) >= 11 is 16.2. The van der Waals surface area contributed by atoms with E-state index in [1.54, 1.807) is 0 Å². The molecule has 1 fully saturated rings. The normalized spacial score (nSPS) is 31.8. The van der Waals surface area contributed by atoms with E-state index in [-0.39, 0.29) is 0 Å². The second-order valence-corrected chi connectivity index (χ2v) is 8.23. The highest BCUT2D eigenvalue weighted by Gasteiger charge is 2.50. The number of alkyl halides is 3. The van der Waals surface area contributed by atoms with Crippen LogP contribution >= 0.6 is 34.8 Å². The van der Waals surface area contributed by atoms with Gasteiger partial charge in [0.25, 0.3) is 9.70 Å². The number of amides is 2. The molecule has 0 bridgehead atoms. The summed E-state index contributed by atoms with van der Waals surface area (Å²) in [5.74, 6) is -3.84. The minimum absolute atomic E-state index is 0.476. The summed E-state index contributed by atoms with van der Waals surface area (Å²) in [5.41, 5.74) is 0. The molecule has 0 aromatic heterocycles. The van der Waals surface area contributed by atoms with Crippen LogP contribution in [0.1, 0.15) is 13.3 Å². The van der Waals surface area contributed by atoms with Crippen molar-refractivity contribution < 1.29 is 39.9 Å². The molecule has 1 saturated heterocycles. The van der Waals surface area contributed by atoms with Gasteiger partial charge < -0.3 is 40.9 Å². The first kappa shape index (κ1) is 23.6. The smallest absolute Gasteiger partial charge is 0.272 e. The highest BCUT2D eigenvalue weighted by molar-refractivity contribution is 6.76. The maximum atomic E-state index is 11.6. The molecule has 152 valence electrons. The van der Waals surface area contributed by atoms with Gasteiger partial charge in [0, 0.05) is 13.3 Å². The van der Waals surface area contributed by atoms with Crippen LogP contribution < -0.4 is 10.6 Å². The minimum Gasteiger partial charge on any atom is -0.394 e. The van der Waals surface area contributed by atoms with Gasteiger partial charge in [0.1, 0.15) is 18.3 Å². The first-order chi connectivity index (χ1) is 11.8. The molecule has 10 nitrogen and oxygen atoms in total. The Kier molecular flexibility index (Phi) is 8.33. The van der Waals surface area contributed by atoms with E-state index >= 15 is 0 Å². The lowest BCUT2D eigenvalue weighted by Gasteiger charge is -2.46. The Morgan fingerprint density at radius 3 is 2.38 bits per heavy atom. The predicted octanol–water partition coefficient (Wildman–Crippen LogP) is -2.47. The Morgan fingerprint density at radius 2 is 1.92 bits per heavy atom. The Labute approximate surface area is 164 Å². The molecule has 0 aromatic carbocycles. The average Bonchev–Trinajstić information content (AvgIpc) is 2.52. The van der Waals surface area contributed by atoms with E-state index in [2.05, 4.69) is 10.6 Å². The Balaban J connectivity index is 2.98. The molecule has 6 atom stereocenters. The van der Waals surface area contributed by atoms with Crippen LogP contribution in [-0.4, -0.2) is 90.5 Å². The number of nitrogens with one attached hydrogen (secondary N) is 2. The molecule has 0 aromatic rings. The molecule has 13 heteroatoms. The fourth-order valence-electron chi connectivity index (χ4n) is 2.50. The number of halogens is 3. The molecule has 26 heavy (non-hydrogen) atoms. The minimum atomic E-state index is -2.30. The van der Waals surface area contributed by atoms with Crippen LogP contribution in [0, 0.1) is 0 Å². The zero-order valence-corrected chi connectivity index (χ0v) is 15.9. The zero-order valence-electron chi connectivity index (χ0n) is 13.6. The highest BCUT2D eigenvalue weighted by Crippen LogP contribution is 2.31. The van der Waals surface area contributed by atoms with Gasteiger partial charge in [0.2, 0.25) is 5.91 Å². The summed E-state index contributed by atoms with van der Waals surface area (Å²) in [6.07, 6.45) is -6.87. The molecular weight excluding hydrogens is 419 g/mol. The quantitative estimate of drug-likeness (QED) is 0.223. The van der Waals surface area contributed by atoms with Crippen LogP contribution in [0.4, 0.5) is 0 Å². The molecule has 1 rings (SSSR count). The third kappa shape index (κ3) is 6.32. The van der Waals surface area contributed by atoms with E-state index < -0.39 is 71.4 Å². The summed E-state index contributed by atoms with van der Waals surface area (Å²) in [7, 11) is 0. The number of ether oxygens (including phenoxy) is 1. The Morgan fingerprint density at radius 1 is 1.35 bits per heavy atom. The van der Waals surface area contributed by atoms with Gasteiger partial charge in [0.15, 0.2) is 5.79 Å². The lowest BCUT2D eigenvalue weighted by Crippen LogP contribution is -2.67. The van der Waals surface area contributed by atoms with Gasteiger partial charge in [-0.15, -0.1) is 0 Å². The predicted molar refractivity (Wildman–Crippen MR) is 90.5 cm³/mol. The molecule has 0 radical (unpaired) electrons. The average molecular weight is 440 g/mol. The highest BCUT2D eigenvalue weighted by atomic mass is 35.6. The van der Waals surface area contributed by atoms with Gasteiger partial charge in [-0.05, 0) is 0 Å². The SMILES string of the molecule is CC(=O)N[C@H]1[C@H]([C@H](O)[C@H](O)CO)O[C@](O)(CNC(=O)C(Cl)(Cl)Cl)C[C@@H]1O. The monoisotopic (exact) mass is 438 g/mol. The summed E-state index contributed by atoms with van der Waals surface area (Å²) in [4.78, 5) is 22.9. The molecule has 1 heterocycles. The number of carbonyl (C=O) groups is 2. The van der Waals surface area contributed by atoms with Gasteiger partial charge >= 0.3 is 0 Å². The second kappa shape index (κ2) is 9.18. The molecule has 1 aliphatic heterocycles. The molecule has 2 amide bonds. The number of rotatable bonds is 6.